The van der Waals surface area contributed by atoms with Crippen molar-refractivity contribution >= 4 is 0 Å². The second-order valence-corrected chi connectivity index (χ2v) is 3.16. The molecule has 0 aliphatic heterocycles. The van der Waals surface area contributed by atoms with Crippen LogP contribution in [0.5, 0.6) is 0 Å². The van der Waals surface area contributed by atoms with E-state index >= 15 is 0 Å². The van der Waals surface area contributed by atoms with E-state index in [9.17, 15) is 13.9 Å². The fraction of sp³-hybridized carbons (Fsp3) is 0.333. The molecule has 1 aliphatic carbocycles. The maximum atomic E-state index is 12.7. The van der Waals surface area contributed by atoms with E-state index < -0.39 is 17.2 Å². The summed E-state index contributed by atoms with van der Waals surface area (Å²) >= 11 is 0. The average Bonchev–Trinajstić information content (AvgIpc) is 2.75. The summed E-state index contributed by atoms with van der Waals surface area (Å²) in [5.41, 5.74) is -0.407. The summed E-state index contributed by atoms with van der Waals surface area (Å²) in [7, 11) is 0. The lowest BCUT2D eigenvalue weighted by molar-refractivity contribution is 0.151. The van der Waals surface area contributed by atoms with Crippen LogP contribution >= 0.6 is 0 Å². The predicted octanol–water partition coefficient (Wildman–Crippen LogP) is 1.95. The van der Waals surface area contributed by atoms with Crippen molar-refractivity contribution in [2.75, 3.05) is 0 Å². The van der Waals surface area contributed by atoms with Crippen molar-refractivity contribution in [3.63, 3.8) is 0 Å². The van der Waals surface area contributed by atoms with Crippen LogP contribution in [0.4, 0.5) is 8.78 Å². The van der Waals surface area contributed by atoms with E-state index in [4.69, 9.17) is 0 Å². The lowest BCUT2D eigenvalue weighted by Crippen LogP contribution is -2.04. The van der Waals surface area contributed by atoms with Gasteiger partial charge in [-0.1, -0.05) is 6.07 Å². The molecular weight excluding hydrogens is 162 g/mol. The van der Waals surface area contributed by atoms with E-state index in [2.05, 4.69) is 0 Å². The van der Waals surface area contributed by atoms with Gasteiger partial charge < -0.3 is 5.11 Å². The quantitative estimate of drug-likeness (QED) is 0.682. The summed E-state index contributed by atoms with van der Waals surface area (Å²) in [5.74, 6) is -1.77. The van der Waals surface area contributed by atoms with E-state index in [1.807, 2.05) is 0 Å². The second kappa shape index (κ2) is 2.26. The predicted molar refractivity (Wildman–Crippen MR) is 39.5 cm³/mol. The molecule has 0 saturated heterocycles. The summed E-state index contributed by atoms with van der Waals surface area (Å²) in [5, 5.41) is 9.53. The first-order valence-electron chi connectivity index (χ1n) is 3.80. The van der Waals surface area contributed by atoms with Gasteiger partial charge in [-0.3, -0.25) is 0 Å². The Hall–Kier alpha value is -0.960. The first kappa shape index (κ1) is 7.68. The van der Waals surface area contributed by atoms with Crippen molar-refractivity contribution in [3.8, 4) is 0 Å². The summed E-state index contributed by atoms with van der Waals surface area (Å²) in [6.45, 7) is 0. The average molecular weight is 170 g/mol. The molecule has 0 radical (unpaired) electrons. The Labute approximate surface area is 68.6 Å². The maximum absolute atomic E-state index is 12.7. The van der Waals surface area contributed by atoms with Gasteiger partial charge in [0.15, 0.2) is 11.6 Å². The number of hydrogen-bond donors (Lipinski definition) is 1. The number of rotatable bonds is 1. The van der Waals surface area contributed by atoms with Crippen molar-refractivity contribution in [1.82, 2.24) is 0 Å². The van der Waals surface area contributed by atoms with Gasteiger partial charge in [-0.15, -0.1) is 0 Å². The second-order valence-electron chi connectivity index (χ2n) is 3.16. The van der Waals surface area contributed by atoms with E-state index in [1.165, 1.54) is 6.07 Å². The van der Waals surface area contributed by atoms with Crippen LogP contribution in [0.15, 0.2) is 18.2 Å². The lowest BCUT2D eigenvalue weighted by atomic mass is 10.1. The van der Waals surface area contributed by atoms with Gasteiger partial charge in [-0.25, -0.2) is 8.78 Å². The summed E-state index contributed by atoms with van der Waals surface area (Å²) < 4.78 is 25.1. The minimum absolute atomic E-state index is 0.474. The van der Waals surface area contributed by atoms with Crippen molar-refractivity contribution < 1.29 is 13.9 Å². The number of halogens is 2. The topological polar surface area (TPSA) is 20.2 Å². The molecule has 0 unspecified atom stereocenters. The third-order valence-corrected chi connectivity index (χ3v) is 2.18. The largest absolute Gasteiger partial charge is 0.385 e. The molecule has 0 atom stereocenters. The van der Waals surface area contributed by atoms with Crippen LogP contribution in [-0.2, 0) is 5.60 Å². The Morgan fingerprint density at radius 1 is 1.17 bits per heavy atom. The van der Waals surface area contributed by atoms with Crippen LogP contribution in [0, 0.1) is 11.6 Å². The summed E-state index contributed by atoms with van der Waals surface area (Å²) in [4.78, 5) is 0. The van der Waals surface area contributed by atoms with Gasteiger partial charge in [0.25, 0.3) is 0 Å². The summed E-state index contributed by atoms with van der Waals surface area (Å²) in [6.07, 6.45) is 1.27. The minimum Gasteiger partial charge on any atom is -0.385 e. The Bertz CT molecular complexity index is 318. The van der Waals surface area contributed by atoms with Crippen LogP contribution in [0.3, 0.4) is 0 Å². The highest BCUT2D eigenvalue weighted by atomic mass is 19.2. The Morgan fingerprint density at radius 3 is 2.33 bits per heavy atom. The van der Waals surface area contributed by atoms with Crippen molar-refractivity contribution in [2.45, 2.75) is 18.4 Å². The molecule has 0 bridgehead atoms. The molecule has 1 N–H and O–H groups in total. The van der Waals surface area contributed by atoms with Gasteiger partial charge in [0.05, 0.1) is 5.60 Å². The monoisotopic (exact) mass is 170 g/mol. The lowest BCUT2D eigenvalue weighted by Gasteiger charge is -2.07. The normalized spacial score (nSPS) is 19.2. The van der Waals surface area contributed by atoms with E-state index in [1.54, 1.807) is 0 Å². The number of hydrogen-bond acceptors (Lipinski definition) is 1. The molecule has 1 nitrogen and oxygen atoms in total. The van der Waals surface area contributed by atoms with Gasteiger partial charge >= 0.3 is 0 Å². The molecular formula is C9H8F2O. The zero-order valence-corrected chi connectivity index (χ0v) is 6.35. The van der Waals surface area contributed by atoms with E-state index in [0.717, 1.165) is 12.1 Å². The third-order valence-electron chi connectivity index (χ3n) is 2.18. The minimum atomic E-state index is -0.896. The van der Waals surface area contributed by atoms with Crippen LogP contribution in [-0.4, -0.2) is 5.11 Å². The fourth-order valence-corrected chi connectivity index (χ4v) is 1.19. The molecule has 0 spiro atoms. The highest BCUT2D eigenvalue weighted by Crippen LogP contribution is 2.45. The molecule has 2 rings (SSSR count). The van der Waals surface area contributed by atoms with Gasteiger partial charge in [-0.2, -0.15) is 0 Å². The van der Waals surface area contributed by atoms with Crippen molar-refractivity contribution in [3.05, 3.63) is 35.4 Å². The van der Waals surface area contributed by atoms with E-state index in [0.29, 0.717) is 18.4 Å². The molecule has 0 aromatic heterocycles. The zero-order valence-electron chi connectivity index (χ0n) is 6.35. The molecule has 1 aliphatic rings. The van der Waals surface area contributed by atoms with Gasteiger partial charge in [0.2, 0.25) is 0 Å². The highest BCUT2D eigenvalue weighted by Gasteiger charge is 2.42. The first-order valence-corrected chi connectivity index (χ1v) is 3.80. The van der Waals surface area contributed by atoms with Gasteiger partial charge in [0.1, 0.15) is 0 Å². The number of aliphatic hydroxyl groups is 1. The Morgan fingerprint density at radius 2 is 1.83 bits per heavy atom. The van der Waals surface area contributed by atoms with E-state index in [-0.39, 0.29) is 0 Å². The van der Waals surface area contributed by atoms with Crippen LogP contribution in [0.1, 0.15) is 18.4 Å². The molecule has 64 valence electrons. The molecule has 0 amide bonds. The summed E-state index contributed by atoms with van der Waals surface area (Å²) in [6, 6.07) is 3.52. The molecule has 1 fully saturated rings. The number of benzene rings is 1. The van der Waals surface area contributed by atoms with Gasteiger partial charge in [0, 0.05) is 0 Å². The standard InChI is InChI=1S/C9H8F2O/c10-7-2-1-6(5-8(7)11)9(12)3-4-9/h1-2,5,12H,3-4H2. The van der Waals surface area contributed by atoms with Crippen molar-refractivity contribution in [1.29, 1.82) is 0 Å². The molecule has 3 heteroatoms. The zero-order chi connectivity index (χ0) is 8.77. The van der Waals surface area contributed by atoms with Crippen LogP contribution in [0.2, 0.25) is 0 Å². The van der Waals surface area contributed by atoms with Gasteiger partial charge in [-0.05, 0) is 30.5 Å². The molecule has 1 saturated carbocycles. The Balaban J connectivity index is 2.41. The highest BCUT2D eigenvalue weighted by molar-refractivity contribution is 5.28. The third kappa shape index (κ3) is 1.10. The molecule has 1 aromatic carbocycles. The fourth-order valence-electron chi connectivity index (χ4n) is 1.19. The smallest absolute Gasteiger partial charge is 0.159 e. The SMILES string of the molecule is OC1(c2ccc(F)c(F)c2)CC1. The maximum Gasteiger partial charge on any atom is 0.159 e. The van der Waals surface area contributed by atoms with Crippen LogP contribution < -0.4 is 0 Å². The van der Waals surface area contributed by atoms with Crippen molar-refractivity contribution in [2.24, 2.45) is 0 Å². The first-order chi connectivity index (χ1) is 5.62. The molecule has 12 heavy (non-hydrogen) atoms. The Kier molecular flexibility index (Phi) is 1.45. The van der Waals surface area contributed by atoms with Crippen LogP contribution in [0.25, 0.3) is 0 Å². The molecule has 0 heterocycles. The molecule has 1 aromatic rings.